The van der Waals surface area contributed by atoms with Crippen LogP contribution in [0, 0.1) is 4.77 Å². The minimum Gasteiger partial charge on any atom is -0.497 e. The van der Waals surface area contributed by atoms with E-state index in [4.69, 9.17) is 17.0 Å². The van der Waals surface area contributed by atoms with Gasteiger partial charge in [-0.2, -0.15) is 28.0 Å². The third kappa shape index (κ3) is 4.62. The fourth-order valence-electron chi connectivity index (χ4n) is 2.40. The SMILES string of the molecule is COc1ccc(Cc2n[nH]c(=S)n2/N=C\c2cccc(C(F)(F)F)c2)cc1. The summed E-state index contributed by atoms with van der Waals surface area (Å²) in [7, 11) is 1.59. The van der Waals surface area contributed by atoms with Gasteiger partial charge in [0.05, 0.1) is 18.9 Å². The van der Waals surface area contributed by atoms with Gasteiger partial charge in [-0.15, -0.1) is 0 Å². The summed E-state index contributed by atoms with van der Waals surface area (Å²) >= 11 is 5.16. The molecule has 0 aliphatic rings. The molecule has 140 valence electrons. The molecule has 0 aliphatic heterocycles. The van der Waals surface area contributed by atoms with Crippen molar-refractivity contribution < 1.29 is 17.9 Å². The summed E-state index contributed by atoms with van der Waals surface area (Å²) in [4.78, 5) is 0. The molecule has 1 aromatic heterocycles. The molecule has 0 aliphatic carbocycles. The number of nitrogens with one attached hydrogen (secondary N) is 1. The summed E-state index contributed by atoms with van der Waals surface area (Å²) in [5.74, 6) is 1.27. The molecule has 3 aromatic rings. The zero-order chi connectivity index (χ0) is 19.4. The van der Waals surface area contributed by atoms with E-state index < -0.39 is 11.7 Å². The Morgan fingerprint density at radius 1 is 1.22 bits per heavy atom. The van der Waals surface area contributed by atoms with Crippen molar-refractivity contribution in [3.8, 4) is 5.75 Å². The summed E-state index contributed by atoms with van der Waals surface area (Å²) < 4.78 is 45.2. The second-order valence-electron chi connectivity index (χ2n) is 5.65. The third-order valence-electron chi connectivity index (χ3n) is 3.77. The van der Waals surface area contributed by atoms with Crippen molar-refractivity contribution in [3.05, 3.63) is 75.8 Å². The maximum absolute atomic E-state index is 12.8. The van der Waals surface area contributed by atoms with E-state index in [0.717, 1.165) is 23.4 Å². The zero-order valence-electron chi connectivity index (χ0n) is 14.2. The van der Waals surface area contributed by atoms with Gasteiger partial charge in [0, 0.05) is 6.42 Å². The van der Waals surface area contributed by atoms with Gasteiger partial charge in [0.15, 0.2) is 5.82 Å². The van der Waals surface area contributed by atoms with Crippen molar-refractivity contribution in [1.29, 1.82) is 0 Å². The highest BCUT2D eigenvalue weighted by atomic mass is 32.1. The highest BCUT2D eigenvalue weighted by molar-refractivity contribution is 7.71. The highest BCUT2D eigenvalue weighted by Crippen LogP contribution is 2.29. The molecule has 5 nitrogen and oxygen atoms in total. The Morgan fingerprint density at radius 3 is 2.63 bits per heavy atom. The first-order valence-electron chi connectivity index (χ1n) is 7.87. The molecule has 1 N–H and O–H groups in total. The second kappa shape index (κ2) is 7.75. The second-order valence-corrected chi connectivity index (χ2v) is 6.04. The van der Waals surface area contributed by atoms with Crippen LogP contribution in [0.1, 0.15) is 22.5 Å². The van der Waals surface area contributed by atoms with Crippen LogP contribution in [0.3, 0.4) is 0 Å². The molecule has 0 unspecified atom stereocenters. The number of aromatic amines is 1. The van der Waals surface area contributed by atoms with Crippen molar-refractivity contribution in [3.63, 3.8) is 0 Å². The fourth-order valence-corrected chi connectivity index (χ4v) is 2.60. The van der Waals surface area contributed by atoms with Crippen LogP contribution >= 0.6 is 12.2 Å². The number of methoxy groups -OCH3 is 1. The lowest BCUT2D eigenvalue weighted by atomic mass is 10.1. The van der Waals surface area contributed by atoms with Crippen molar-refractivity contribution in [1.82, 2.24) is 14.9 Å². The average Bonchev–Trinajstić information content (AvgIpc) is 2.99. The standard InChI is InChI=1S/C18H15F3N4OS/c1-26-15-7-5-12(6-8-15)10-16-23-24-17(27)25(16)22-11-13-3-2-4-14(9-13)18(19,20)21/h2-9,11H,10H2,1H3,(H,24,27)/b22-11-. The van der Waals surface area contributed by atoms with Crippen molar-refractivity contribution in [2.24, 2.45) is 5.10 Å². The molecule has 0 amide bonds. The van der Waals surface area contributed by atoms with E-state index in [1.165, 1.54) is 23.0 Å². The van der Waals surface area contributed by atoms with Crippen molar-refractivity contribution >= 4 is 18.4 Å². The lowest BCUT2D eigenvalue weighted by Crippen LogP contribution is -2.05. The maximum atomic E-state index is 12.8. The first-order valence-corrected chi connectivity index (χ1v) is 8.28. The first-order chi connectivity index (χ1) is 12.9. The van der Waals surface area contributed by atoms with Gasteiger partial charge in [0.1, 0.15) is 5.75 Å². The number of halogens is 3. The number of ether oxygens (including phenoxy) is 1. The van der Waals surface area contributed by atoms with Crippen molar-refractivity contribution in [2.75, 3.05) is 7.11 Å². The van der Waals surface area contributed by atoms with Gasteiger partial charge in [0.25, 0.3) is 0 Å². The van der Waals surface area contributed by atoms with Crippen LogP contribution in [0.15, 0.2) is 53.6 Å². The number of alkyl halides is 3. The quantitative estimate of drug-likeness (QED) is 0.516. The largest absolute Gasteiger partial charge is 0.497 e. The van der Waals surface area contributed by atoms with Gasteiger partial charge in [0.2, 0.25) is 4.77 Å². The van der Waals surface area contributed by atoms with E-state index in [2.05, 4.69) is 15.3 Å². The molecule has 1 heterocycles. The molecule has 0 bridgehead atoms. The Kier molecular flexibility index (Phi) is 5.41. The third-order valence-corrected chi connectivity index (χ3v) is 4.04. The average molecular weight is 392 g/mol. The Balaban J connectivity index is 1.84. The molecule has 0 spiro atoms. The molecule has 3 rings (SSSR count). The fraction of sp³-hybridized carbons (Fsp3) is 0.167. The Labute approximate surface area is 158 Å². The maximum Gasteiger partial charge on any atom is 0.416 e. The number of hydrogen-bond donors (Lipinski definition) is 1. The molecule has 0 fully saturated rings. The van der Waals surface area contributed by atoms with Gasteiger partial charge < -0.3 is 4.74 Å². The monoisotopic (exact) mass is 392 g/mol. The van der Waals surface area contributed by atoms with E-state index in [1.54, 1.807) is 7.11 Å². The molecular formula is C18H15F3N4OS. The van der Waals surface area contributed by atoms with Gasteiger partial charge in [-0.3, -0.25) is 5.10 Å². The number of hydrogen-bond acceptors (Lipinski definition) is 4. The van der Waals surface area contributed by atoms with E-state index in [1.807, 2.05) is 24.3 Å². The molecule has 0 radical (unpaired) electrons. The Morgan fingerprint density at radius 2 is 1.96 bits per heavy atom. The molecule has 9 heteroatoms. The Bertz CT molecular complexity index is 1010. The van der Waals surface area contributed by atoms with Crippen LogP contribution in [0.4, 0.5) is 13.2 Å². The predicted octanol–water partition coefficient (Wildman–Crippen LogP) is 4.44. The predicted molar refractivity (Wildman–Crippen MR) is 97.6 cm³/mol. The minimum atomic E-state index is -4.41. The molecular weight excluding hydrogens is 377 g/mol. The van der Waals surface area contributed by atoms with Gasteiger partial charge >= 0.3 is 6.18 Å². The van der Waals surface area contributed by atoms with E-state index in [9.17, 15) is 13.2 Å². The van der Waals surface area contributed by atoms with Crippen LogP contribution < -0.4 is 4.74 Å². The minimum absolute atomic E-state index is 0.252. The van der Waals surface area contributed by atoms with Crippen LogP contribution in [0.2, 0.25) is 0 Å². The number of H-pyrrole nitrogens is 1. The van der Waals surface area contributed by atoms with Crippen LogP contribution in [0.25, 0.3) is 0 Å². The summed E-state index contributed by atoms with van der Waals surface area (Å²) in [6.07, 6.45) is -2.65. The first kappa shape index (κ1) is 18.8. The molecule has 0 saturated carbocycles. The molecule has 0 atom stereocenters. The normalized spacial score (nSPS) is 11.9. The zero-order valence-corrected chi connectivity index (χ0v) is 15.0. The van der Waals surface area contributed by atoms with Crippen LogP contribution in [-0.4, -0.2) is 28.2 Å². The molecule has 27 heavy (non-hydrogen) atoms. The van der Waals surface area contributed by atoms with Gasteiger partial charge in [-0.25, -0.2) is 0 Å². The number of benzene rings is 2. The number of rotatable bonds is 5. The van der Waals surface area contributed by atoms with Gasteiger partial charge in [-0.05, 0) is 47.6 Å². The van der Waals surface area contributed by atoms with Crippen molar-refractivity contribution in [2.45, 2.75) is 12.6 Å². The highest BCUT2D eigenvalue weighted by Gasteiger charge is 2.30. The van der Waals surface area contributed by atoms with Crippen LogP contribution in [0.5, 0.6) is 5.75 Å². The number of aromatic nitrogens is 3. The Hall–Kier alpha value is -2.94. The molecule has 0 saturated heterocycles. The summed E-state index contributed by atoms with van der Waals surface area (Å²) in [6, 6.07) is 12.3. The topological polar surface area (TPSA) is 55.2 Å². The van der Waals surface area contributed by atoms with E-state index in [-0.39, 0.29) is 4.77 Å². The number of nitrogens with zero attached hydrogens (tertiary/aromatic N) is 3. The summed E-state index contributed by atoms with van der Waals surface area (Å²) in [6.45, 7) is 0. The lowest BCUT2D eigenvalue weighted by molar-refractivity contribution is -0.137. The molecule has 2 aromatic carbocycles. The summed E-state index contributed by atoms with van der Waals surface area (Å²) in [5, 5.41) is 11.0. The lowest BCUT2D eigenvalue weighted by Gasteiger charge is -2.06. The van der Waals surface area contributed by atoms with Gasteiger partial charge in [-0.1, -0.05) is 24.3 Å². The van der Waals surface area contributed by atoms with Crippen LogP contribution in [-0.2, 0) is 12.6 Å². The van der Waals surface area contributed by atoms with E-state index in [0.29, 0.717) is 17.8 Å². The van der Waals surface area contributed by atoms with E-state index >= 15 is 0 Å². The summed E-state index contributed by atoms with van der Waals surface area (Å²) in [5.41, 5.74) is 0.532. The smallest absolute Gasteiger partial charge is 0.416 e.